The second-order valence-corrected chi connectivity index (χ2v) is 10.2. The van der Waals surface area contributed by atoms with Crippen LogP contribution in [0.15, 0.2) is 29.7 Å². The van der Waals surface area contributed by atoms with E-state index < -0.39 is 18.1 Å². The Morgan fingerprint density at radius 1 is 1.36 bits per heavy atom. The highest BCUT2D eigenvalue weighted by Gasteiger charge is 2.37. The standard InChI is InChI=1S/C27H37FN4O3S/c1-6-7-9-19-16(2)20(11-12-22(19)28)23-15-36-26(31-23)24-10-8-13-32(24)27(35)21(18(4)33)14-30-25(34)17(3)29-5/h6-7,11-12,15,17-18,21,24,29,33H,8-10,13-14H2,1-5H3,(H,30,34)/b7-6-/t17-,18+,21?,24?/m0/s1. The Bertz CT molecular complexity index is 1100. The minimum absolute atomic E-state index is 0.0669. The van der Waals surface area contributed by atoms with Crippen molar-refractivity contribution in [3.05, 3.63) is 51.6 Å². The molecule has 2 unspecified atom stereocenters. The van der Waals surface area contributed by atoms with Gasteiger partial charge in [-0.25, -0.2) is 9.37 Å². The van der Waals surface area contributed by atoms with Gasteiger partial charge in [0.15, 0.2) is 0 Å². The van der Waals surface area contributed by atoms with Crippen molar-refractivity contribution in [1.29, 1.82) is 0 Å². The van der Waals surface area contributed by atoms with E-state index in [1.165, 1.54) is 17.4 Å². The normalized spacial score (nSPS) is 18.4. The quantitative estimate of drug-likeness (QED) is 0.418. The van der Waals surface area contributed by atoms with Crippen molar-refractivity contribution in [1.82, 2.24) is 20.5 Å². The van der Waals surface area contributed by atoms with Crippen LogP contribution in [-0.4, -0.2) is 59.1 Å². The van der Waals surface area contributed by atoms with E-state index in [0.29, 0.717) is 18.5 Å². The smallest absolute Gasteiger partial charge is 0.236 e. The van der Waals surface area contributed by atoms with E-state index in [9.17, 15) is 19.1 Å². The van der Waals surface area contributed by atoms with Crippen LogP contribution in [-0.2, 0) is 16.0 Å². The maximum absolute atomic E-state index is 14.4. The number of rotatable bonds is 10. The number of likely N-dealkylation sites (N-methyl/N-ethyl adjacent to an activating group) is 1. The number of amides is 2. The highest BCUT2D eigenvalue weighted by atomic mass is 32.1. The van der Waals surface area contributed by atoms with Gasteiger partial charge in [-0.1, -0.05) is 12.2 Å². The highest BCUT2D eigenvalue weighted by molar-refractivity contribution is 7.10. The maximum Gasteiger partial charge on any atom is 0.236 e. The summed E-state index contributed by atoms with van der Waals surface area (Å²) in [6.45, 7) is 7.78. The molecular formula is C27H37FN4O3S. The number of halogens is 1. The van der Waals surface area contributed by atoms with E-state index in [0.717, 1.165) is 34.7 Å². The number of aliphatic hydroxyl groups excluding tert-OH is 1. The van der Waals surface area contributed by atoms with Gasteiger partial charge in [0.05, 0.1) is 29.8 Å². The molecule has 1 aromatic heterocycles. The fourth-order valence-electron chi connectivity index (χ4n) is 4.51. The molecule has 9 heteroatoms. The van der Waals surface area contributed by atoms with Gasteiger partial charge in [-0.15, -0.1) is 11.3 Å². The van der Waals surface area contributed by atoms with Crippen molar-refractivity contribution in [2.24, 2.45) is 5.92 Å². The van der Waals surface area contributed by atoms with Crippen molar-refractivity contribution in [3.8, 4) is 11.3 Å². The number of hydrogen-bond donors (Lipinski definition) is 3. The van der Waals surface area contributed by atoms with Crippen molar-refractivity contribution < 1.29 is 19.1 Å². The Labute approximate surface area is 216 Å². The number of nitrogens with zero attached hydrogens (tertiary/aromatic N) is 2. The van der Waals surface area contributed by atoms with Gasteiger partial charge in [-0.3, -0.25) is 9.59 Å². The molecule has 0 spiro atoms. The predicted molar refractivity (Wildman–Crippen MR) is 141 cm³/mol. The molecule has 2 aromatic rings. The summed E-state index contributed by atoms with van der Waals surface area (Å²) in [4.78, 5) is 32.3. The molecule has 3 N–H and O–H groups in total. The van der Waals surface area contributed by atoms with Crippen molar-refractivity contribution in [3.63, 3.8) is 0 Å². The van der Waals surface area contributed by atoms with E-state index >= 15 is 0 Å². The Balaban J connectivity index is 1.80. The molecule has 1 saturated heterocycles. The molecule has 3 rings (SSSR count). The lowest BCUT2D eigenvalue weighted by Crippen LogP contribution is -2.48. The van der Waals surface area contributed by atoms with Crippen LogP contribution in [0.2, 0.25) is 0 Å². The molecule has 1 aromatic carbocycles. The van der Waals surface area contributed by atoms with E-state index in [1.54, 1.807) is 31.9 Å². The van der Waals surface area contributed by atoms with Gasteiger partial charge in [0.25, 0.3) is 0 Å². The van der Waals surface area contributed by atoms with Crippen molar-refractivity contribution in [2.75, 3.05) is 20.1 Å². The number of aliphatic hydroxyl groups is 1. The molecule has 2 amide bonds. The van der Waals surface area contributed by atoms with Gasteiger partial charge < -0.3 is 20.6 Å². The lowest BCUT2D eigenvalue weighted by atomic mass is 9.97. The van der Waals surface area contributed by atoms with Crippen LogP contribution in [0.3, 0.4) is 0 Å². The lowest BCUT2D eigenvalue weighted by Gasteiger charge is -2.29. The van der Waals surface area contributed by atoms with E-state index in [4.69, 9.17) is 4.98 Å². The molecule has 1 aliphatic heterocycles. The summed E-state index contributed by atoms with van der Waals surface area (Å²) < 4.78 is 14.4. The predicted octanol–water partition coefficient (Wildman–Crippen LogP) is 3.76. The maximum atomic E-state index is 14.4. The van der Waals surface area contributed by atoms with Crippen LogP contribution in [0.1, 0.15) is 55.8 Å². The first kappa shape index (κ1) is 28.0. The Morgan fingerprint density at radius 2 is 2.11 bits per heavy atom. The zero-order chi connectivity index (χ0) is 26.4. The number of benzene rings is 1. The number of allylic oxidation sites excluding steroid dienone is 2. The van der Waals surface area contributed by atoms with Gasteiger partial charge in [-0.05, 0) is 77.3 Å². The molecule has 1 fully saturated rings. The molecule has 36 heavy (non-hydrogen) atoms. The van der Waals surface area contributed by atoms with Crippen LogP contribution in [0.4, 0.5) is 4.39 Å². The first-order chi connectivity index (χ1) is 17.2. The van der Waals surface area contributed by atoms with Crippen LogP contribution >= 0.6 is 11.3 Å². The lowest BCUT2D eigenvalue weighted by molar-refractivity contribution is -0.140. The summed E-state index contributed by atoms with van der Waals surface area (Å²) in [5, 5.41) is 18.8. The average molecular weight is 517 g/mol. The van der Waals surface area contributed by atoms with Gasteiger partial charge in [-0.2, -0.15) is 0 Å². The number of aromatic nitrogens is 1. The molecular weight excluding hydrogens is 479 g/mol. The Kier molecular flexibility index (Phi) is 9.76. The second-order valence-electron chi connectivity index (χ2n) is 9.33. The summed E-state index contributed by atoms with van der Waals surface area (Å²) in [5.41, 5.74) is 3.18. The van der Waals surface area contributed by atoms with Gasteiger partial charge >= 0.3 is 0 Å². The molecule has 196 valence electrons. The number of thiazole rings is 1. The minimum atomic E-state index is -0.909. The number of carbonyl (C=O) groups is 2. The third kappa shape index (κ3) is 6.19. The van der Waals surface area contributed by atoms with Crippen LogP contribution in [0.5, 0.6) is 0 Å². The summed E-state index contributed by atoms with van der Waals surface area (Å²) in [5.74, 6) is -1.38. The van der Waals surface area contributed by atoms with E-state index in [1.807, 2.05) is 31.4 Å². The summed E-state index contributed by atoms with van der Waals surface area (Å²) in [7, 11) is 1.69. The van der Waals surface area contributed by atoms with Crippen LogP contribution in [0.25, 0.3) is 11.3 Å². The summed E-state index contributed by atoms with van der Waals surface area (Å²) >= 11 is 1.49. The molecule has 1 aliphatic rings. The fourth-order valence-corrected chi connectivity index (χ4v) is 5.48. The molecule has 0 aliphatic carbocycles. The Morgan fingerprint density at radius 3 is 2.78 bits per heavy atom. The molecule has 7 nitrogen and oxygen atoms in total. The van der Waals surface area contributed by atoms with Crippen LogP contribution < -0.4 is 10.6 Å². The van der Waals surface area contributed by atoms with Crippen LogP contribution in [0, 0.1) is 18.7 Å². The number of likely N-dealkylation sites (tertiary alicyclic amines) is 1. The van der Waals surface area contributed by atoms with E-state index in [-0.39, 0.29) is 30.2 Å². The first-order valence-electron chi connectivity index (χ1n) is 12.5. The number of nitrogens with one attached hydrogen (secondary N) is 2. The van der Waals surface area contributed by atoms with Gasteiger partial charge in [0.1, 0.15) is 10.8 Å². The average Bonchev–Trinajstić information content (AvgIpc) is 3.53. The number of hydrogen-bond acceptors (Lipinski definition) is 6. The molecule has 0 radical (unpaired) electrons. The molecule has 2 heterocycles. The zero-order valence-electron chi connectivity index (χ0n) is 21.7. The van der Waals surface area contributed by atoms with Crippen molar-refractivity contribution in [2.45, 2.75) is 65.1 Å². The second kappa shape index (κ2) is 12.6. The van der Waals surface area contributed by atoms with Crippen molar-refractivity contribution >= 4 is 23.2 Å². The van der Waals surface area contributed by atoms with Gasteiger partial charge in [0, 0.05) is 24.0 Å². The molecule has 0 saturated carbocycles. The van der Waals surface area contributed by atoms with Gasteiger partial charge in [0.2, 0.25) is 11.8 Å². The summed E-state index contributed by atoms with van der Waals surface area (Å²) in [6, 6.07) is 2.67. The number of carbonyl (C=O) groups excluding carboxylic acids is 2. The minimum Gasteiger partial charge on any atom is -0.393 e. The SMILES string of the molecule is C/C=C\Cc1c(F)ccc(-c2csc(C3CCCN3C(=O)C(CNC(=O)[C@H](C)NC)[C@@H](C)O)n2)c1C. The Hall–Kier alpha value is -2.62. The highest BCUT2D eigenvalue weighted by Crippen LogP contribution is 2.37. The third-order valence-corrected chi connectivity index (χ3v) is 7.89. The fraction of sp³-hybridized carbons (Fsp3) is 0.519. The van der Waals surface area contributed by atoms with E-state index in [2.05, 4.69) is 10.6 Å². The third-order valence-electron chi connectivity index (χ3n) is 6.94. The zero-order valence-corrected chi connectivity index (χ0v) is 22.5. The topological polar surface area (TPSA) is 94.6 Å². The molecule has 4 atom stereocenters. The first-order valence-corrected chi connectivity index (χ1v) is 13.4. The molecule has 0 bridgehead atoms. The largest absolute Gasteiger partial charge is 0.393 e. The summed E-state index contributed by atoms with van der Waals surface area (Å²) in [6.07, 6.45) is 5.07. The monoisotopic (exact) mass is 516 g/mol.